The Labute approximate surface area is 136 Å². The second kappa shape index (κ2) is 7.40. The Morgan fingerprint density at radius 1 is 1.26 bits per heavy atom. The van der Waals surface area contributed by atoms with Crippen LogP contribution in [0.25, 0.3) is 0 Å². The van der Waals surface area contributed by atoms with Gasteiger partial charge >= 0.3 is 0 Å². The molecule has 1 aliphatic heterocycles. The van der Waals surface area contributed by atoms with Crippen LogP contribution in [-0.2, 0) is 17.6 Å². The molecule has 1 fully saturated rings. The van der Waals surface area contributed by atoms with Gasteiger partial charge in [0.1, 0.15) is 0 Å². The maximum atomic E-state index is 12.2. The quantitative estimate of drug-likeness (QED) is 0.788. The lowest BCUT2D eigenvalue weighted by Gasteiger charge is -2.15. The second-order valence-electron chi connectivity index (χ2n) is 6.13. The minimum Gasteiger partial charge on any atom is -0.342 e. The van der Waals surface area contributed by atoms with Gasteiger partial charge in [-0.2, -0.15) is 4.98 Å². The second-order valence-corrected chi connectivity index (χ2v) is 6.13. The van der Waals surface area contributed by atoms with Crippen LogP contribution < -0.4 is 0 Å². The summed E-state index contributed by atoms with van der Waals surface area (Å²) >= 11 is 0. The lowest BCUT2D eigenvalue weighted by atomic mass is 10.1. The maximum absolute atomic E-state index is 12.2. The minimum absolute atomic E-state index is 0.0531. The Bertz CT molecular complexity index is 639. The van der Waals surface area contributed by atoms with E-state index < -0.39 is 0 Å². The Morgan fingerprint density at radius 2 is 2.09 bits per heavy atom. The van der Waals surface area contributed by atoms with Crippen molar-refractivity contribution in [1.29, 1.82) is 0 Å². The Hall–Kier alpha value is -2.17. The summed E-state index contributed by atoms with van der Waals surface area (Å²) in [4.78, 5) is 18.5. The zero-order chi connectivity index (χ0) is 16.1. The number of carbonyl (C=O) groups is 1. The molecule has 1 saturated heterocycles. The Balaban J connectivity index is 1.50. The fourth-order valence-corrected chi connectivity index (χ4v) is 3.03. The fourth-order valence-electron chi connectivity index (χ4n) is 3.03. The molecule has 1 amide bonds. The molecule has 0 radical (unpaired) electrons. The number of amides is 1. The monoisotopic (exact) mass is 313 g/mol. The van der Waals surface area contributed by atoms with E-state index in [1.54, 1.807) is 0 Å². The summed E-state index contributed by atoms with van der Waals surface area (Å²) < 4.78 is 5.33. The number of aryl methyl sites for hydroxylation is 2. The van der Waals surface area contributed by atoms with Crippen LogP contribution in [0.1, 0.15) is 49.4 Å². The highest BCUT2D eigenvalue weighted by atomic mass is 16.5. The number of nitrogens with zero attached hydrogens (tertiary/aromatic N) is 3. The number of hydrogen-bond donors (Lipinski definition) is 0. The number of carbonyl (C=O) groups excluding carboxylic acids is 1. The highest BCUT2D eigenvalue weighted by molar-refractivity contribution is 5.79. The van der Waals surface area contributed by atoms with Crippen LogP contribution in [0.5, 0.6) is 0 Å². The van der Waals surface area contributed by atoms with Crippen molar-refractivity contribution >= 4 is 5.91 Å². The van der Waals surface area contributed by atoms with Crippen molar-refractivity contribution in [3.8, 4) is 0 Å². The average molecular weight is 313 g/mol. The SMILES string of the molecule is CCCc1noc(C2CC(=O)N(CCCc3ccccc3)C2)n1. The van der Waals surface area contributed by atoms with Crippen LogP contribution >= 0.6 is 0 Å². The Morgan fingerprint density at radius 3 is 2.87 bits per heavy atom. The molecule has 0 saturated carbocycles. The number of rotatable bonds is 7. The largest absolute Gasteiger partial charge is 0.342 e. The molecule has 0 spiro atoms. The summed E-state index contributed by atoms with van der Waals surface area (Å²) in [6, 6.07) is 10.4. The van der Waals surface area contributed by atoms with E-state index in [4.69, 9.17) is 4.52 Å². The summed E-state index contributed by atoms with van der Waals surface area (Å²) in [5.74, 6) is 1.61. The van der Waals surface area contributed by atoms with Gasteiger partial charge in [-0.1, -0.05) is 42.4 Å². The molecule has 2 aromatic rings. The smallest absolute Gasteiger partial charge is 0.232 e. The highest BCUT2D eigenvalue weighted by Crippen LogP contribution is 2.27. The van der Waals surface area contributed by atoms with Crippen molar-refractivity contribution in [3.63, 3.8) is 0 Å². The summed E-state index contributed by atoms with van der Waals surface area (Å²) in [6.45, 7) is 3.57. The van der Waals surface area contributed by atoms with Gasteiger partial charge < -0.3 is 9.42 Å². The molecule has 122 valence electrons. The van der Waals surface area contributed by atoms with Crippen LogP contribution in [0.3, 0.4) is 0 Å². The van der Waals surface area contributed by atoms with Crippen molar-refractivity contribution in [2.45, 2.75) is 44.9 Å². The van der Waals surface area contributed by atoms with Gasteiger partial charge in [0.25, 0.3) is 0 Å². The molecule has 5 nitrogen and oxygen atoms in total. The molecule has 3 rings (SSSR count). The molecule has 2 heterocycles. The molecule has 1 atom stereocenters. The van der Waals surface area contributed by atoms with Crippen LogP contribution in [0.2, 0.25) is 0 Å². The van der Waals surface area contributed by atoms with Crippen molar-refractivity contribution in [2.75, 3.05) is 13.1 Å². The van der Waals surface area contributed by atoms with Crippen LogP contribution in [0.4, 0.5) is 0 Å². The fraction of sp³-hybridized carbons (Fsp3) is 0.500. The van der Waals surface area contributed by atoms with Gasteiger partial charge in [0.05, 0.1) is 5.92 Å². The van der Waals surface area contributed by atoms with E-state index in [0.717, 1.165) is 38.1 Å². The van der Waals surface area contributed by atoms with E-state index in [1.807, 2.05) is 11.0 Å². The van der Waals surface area contributed by atoms with Gasteiger partial charge in [-0.05, 0) is 24.8 Å². The molecule has 0 N–H and O–H groups in total. The van der Waals surface area contributed by atoms with Crippen molar-refractivity contribution in [3.05, 3.63) is 47.6 Å². The predicted octanol–water partition coefficient (Wildman–Crippen LogP) is 2.97. The molecule has 1 aromatic heterocycles. The Kier molecular flexibility index (Phi) is 5.05. The summed E-state index contributed by atoms with van der Waals surface area (Å²) in [5.41, 5.74) is 1.32. The van der Waals surface area contributed by atoms with Gasteiger partial charge in [0, 0.05) is 25.9 Å². The average Bonchev–Trinajstić information content (AvgIpc) is 3.16. The lowest BCUT2D eigenvalue weighted by Crippen LogP contribution is -2.26. The standard InChI is InChI=1S/C18H23N3O2/c1-2-7-16-19-18(23-20-16)15-12-17(22)21(13-15)11-6-10-14-8-4-3-5-9-14/h3-5,8-9,15H,2,6-7,10-13H2,1H3. The number of likely N-dealkylation sites (tertiary alicyclic amines) is 1. The number of hydrogen-bond acceptors (Lipinski definition) is 4. The number of benzene rings is 1. The van der Waals surface area contributed by atoms with E-state index >= 15 is 0 Å². The summed E-state index contributed by atoms with van der Waals surface area (Å²) in [7, 11) is 0. The third-order valence-electron chi connectivity index (χ3n) is 4.26. The molecule has 1 aromatic carbocycles. The first-order valence-corrected chi connectivity index (χ1v) is 8.40. The van der Waals surface area contributed by atoms with Crippen molar-refractivity contribution < 1.29 is 9.32 Å². The summed E-state index contributed by atoms with van der Waals surface area (Å²) in [6.07, 6.45) is 4.28. The van der Waals surface area contributed by atoms with Gasteiger partial charge in [0.2, 0.25) is 11.8 Å². The van der Waals surface area contributed by atoms with E-state index in [2.05, 4.69) is 41.3 Å². The van der Waals surface area contributed by atoms with E-state index in [1.165, 1.54) is 5.56 Å². The molecule has 1 unspecified atom stereocenters. The van der Waals surface area contributed by atoms with Gasteiger partial charge in [-0.25, -0.2) is 0 Å². The zero-order valence-electron chi connectivity index (χ0n) is 13.6. The van der Waals surface area contributed by atoms with E-state index in [0.29, 0.717) is 18.9 Å². The first kappa shape index (κ1) is 15.7. The van der Waals surface area contributed by atoms with Gasteiger partial charge in [0.15, 0.2) is 5.82 Å². The molecular weight excluding hydrogens is 290 g/mol. The molecule has 0 aliphatic carbocycles. The van der Waals surface area contributed by atoms with E-state index in [9.17, 15) is 4.79 Å². The highest BCUT2D eigenvalue weighted by Gasteiger charge is 2.33. The van der Waals surface area contributed by atoms with E-state index in [-0.39, 0.29) is 11.8 Å². The molecule has 1 aliphatic rings. The summed E-state index contributed by atoms with van der Waals surface area (Å²) in [5, 5.41) is 3.99. The van der Waals surface area contributed by atoms with Crippen LogP contribution in [0, 0.1) is 0 Å². The minimum atomic E-state index is 0.0531. The topological polar surface area (TPSA) is 59.2 Å². The molecule has 23 heavy (non-hydrogen) atoms. The predicted molar refractivity (Wildman–Crippen MR) is 87.0 cm³/mol. The molecule has 0 bridgehead atoms. The number of aromatic nitrogens is 2. The first-order valence-electron chi connectivity index (χ1n) is 8.40. The van der Waals surface area contributed by atoms with Gasteiger partial charge in [-0.15, -0.1) is 0 Å². The van der Waals surface area contributed by atoms with Crippen LogP contribution in [-0.4, -0.2) is 34.0 Å². The van der Waals surface area contributed by atoms with Crippen molar-refractivity contribution in [1.82, 2.24) is 15.0 Å². The third-order valence-corrected chi connectivity index (χ3v) is 4.26. The zero-order valence-corrected chi connectivity index (χ0v) is 13.6. The van der Waals surface area contributed by atoms with Crippen LogP contribution in [0.15, 0.2) is 34.9 Å². The third kappa shape index (κ3) is 3.97. The maximum Gasteiger partial charge on any atom is 0.232 e. The normalized spacial score (nSPS) is 17.9. The first-order chi connectivity index (χ1) is 11.3. The lowest BCUT2D eigenvalue weighted by molar-refractivity contribution is -0.127. The molecule has 5 heteroatoms. The van der Waals surface area contributed by atoms with Crippen molar-refractivity contribution in [2.24, 2.45) is 0 Å². The van der Waals surface area contributed by atoms with Gasteiger partial charge in [-0.3, -0.25) is 4.79 Å². The molecular formula is C18H23N3O2.